The largest absolute Gasteiger partial charge is 0.330 e. The molecule has 0 aromatic carbocycles. The van der Waals surface area contributed by atoms with E-state index < -0.39 is 0 Å². The molecule has 2 atom stereocenters. The van der Waals surface area contributed by atoms with Crippen molar-refractivity contribution in [1.82, 2.24) is 14.5 Å². The number of nitrogens with one attached hydrogen (secondary N) is 1. The van der Waals surface area contributed by atoms with Gasteiger partial charge in [0.2, 0.25) is 0 Å². The molecule has 1 aromatic rings. The van der Waals surface area contributed by atoms with Gasteiger partial charge in [0.25, 0.3) is 5.56 Å². The van der Waals surface area contributed by atoms with Gasteiger partial charge in [0.15, 0.2) is 0 Å². The number of hydrogen-bond acceptors (Lipinski definition) is 3. The van der Waals surface area contributed by atoms with Crippen LogP contribution in [0.25, 0.3) is 0 Å². The molecule has 0 saturated heterocycles. The Kier molecular flexibility index (Phi) is 4.95. The Balaban J connectivity index is 2.15. The summed E-state index contributed by atoms with van der Waals surface area (Å²) in [5.41, 5.74) is 0.527. The quantitative estimate of drug-likeness (QED) is 0.926. The van der Waals surface area contributed by atoms with Gasteiger partial charge in [-0.1, -0.05) is 33.6 Å². The lowest BCUT2D eigenvalue weighted by Gasteiger charge is -2.41. The smallest absolute Gasteiger partial charge is 0.308 e. The van der Waals surface area contributed by atoms with Crippen molar-refractivity contribution in [2.24, 2.45) is 25.4 Å². The zero-order chi connectivity index (χ0) is 16.5. The standard InChI is InChI=1S/C17H29N3O2/c1-17(2,3)13-8-6-7-9-14(13)18-11-12-10-15(21)20(5)16(22)19(12)4/h10,13-14,18H,6-9,11H2,1-5H3/t13-,14+/m0/s1. The molecular formula is C17H29N3O2. The summed E-state index contributed by atoms with van der Waals surface area (Å²) in [4.78, 5) is 23.8. The lowest BCUT2D eigenvalue weighted by molar-refractivity contribution is 0.129. The Bertz CT molecular complexity index is 637. The predicted octanol–water partition coefficient (Wildman–Crippen LogP) is 1.78. The molecule has 1 aliphatic rings. The second-order valence-corrected chi connectivity index (χ2v) is 7.62. The maximum atomic E-state index is 12.0. The molecule has 0 bridgehead atoms. The normalized spacial score (nSPS) is 22.8. The maximum absolute atomic E-state index is 12.0. The van der Waals surface area contributed by atoms with Crippen molar-refractivity contribution in [1.29, 1.82) is 0 Å². The summed E-state index contributed by atoms with van der Waals surface area (Å²) in [6, 6.07) is 2.01. The second kappa shape index (κ2) is 6.41. The van der Waals surface area contributed by atoms with Gasteiger partial charge in [-0.05, 0) is 24.2 Å². The molecule has 0 spiro atoms. The van der Waals surface area contributed by atoms with Gasteiger partial charge in [0, 0.05) is 38.4 Å². The van der Waals surface area contributed by atoms with E-state index in [0.29, 0.717) is 18.5 Å². The van der Waals surface area contributed by atoms with Crippen molar-refractivity contribution in [2.75, 3.05) is 0 Å². The number of aromatic nitrogens is 2. The van der Waals surface area contributed by atoms with E-state index in [2.05, 4.69) is 26.1 Å². The van der Waals surface area contributed by atoms with E-state index in [1.807, 2.05) is 0 Å². The summed E-state index contributed by atoms with van der Waals surface area (Å²) < 4.78 is 2.70. The van der Waals surface area contributed by atoms with Crippen LogP contribution >= 0.6 is 0 Å². The highest BCUT2D eigenvalue weighted by Gasteiger charge is 2.33. The van der Waals surface area contributed by atoms with Crippen molar-refractivity contribution in [2.45, 2.75) is 59.0 Å². The van der Waals surface area contributed by atoms with Gasteiger partial charge in [-0.3, -0.25) is 13.9 Å². The van der Waals surface area contributed by atoms with Crippen LogP contribution in [0.1, 0.15) is 52.1 Å². The van der Waals surface area contributed by atoms with Crippen LogP contribution in [0, 0.1) is 11.3 Å². The topological polar surface area (TPSA) is 56.0 Å². The molecule has 1 aliphatic carbocycles. The Labute approximate surface area is 132 Å². The molecule has 124 valence electrons. The van der Waals surface area contributed by atoms with E-state index in [9.17, 15) is 9.59 Å². The molecule has 2 rings (SSSR count). The van der Waals surface area contributed by atoms with Crippen LogP contribution in [0.3, 0.4) is 0 Å². The summed E-state index contributed by atoms with van der Waals surface area (Å²) in [6.45, 7) is 7.46. The molecule has 0 aliphatic heterocycles. The fourth-order valence-corrected chi connectivity index (χ4v) is 3.60. The minimum absolute atomic E-state index is 0.240. The van der Waals surface area contributed by atoms with Crippen molar-refractivity contribution in [3.8, 4) is 0 Å². The van der Waals surface area contributed by atoms with Crippen molar-refractivity contribution in [3.05, 3.63) is 32.6 Å². The second-order valence-electron chi connectivity index (χ2n) is 7.62. The third-order valence-electron chi connectivity index (χ3n) is 5.05. The van der Waals surface area contributed by atoms with E-state index in [-0.39, 0.29) is 16.7 Å². The molecule has 1 saturated carbocycles. The Morgan fingerprint density at radius 1 is 1.14 bits per heavy atom. The van der Waals surface area contributed by atoms with Gasteiger partial charge >= 0.3 is 5.69 Å². The van der Waals surface area contributed by atoms with Crippen LogP contribution in [-0.2, 0) is 20.6 Å². The molecule has 1 heterocycles. The molecule has 1 N–H and O–H groups in total. The van der Waals surface area contributed by atoms with Crippen LogP contribution < -0.4 is 16.6 Å². The first-order valence-corrected chi connectivity index (χ1v) is 8.21. The molecule has 0 radical (unpaired) electrons. The molecule has 5 nitrogen and oxygen atoms in total. The molecule has 1 aromatic heterocycles. The molecular weight excluding hydrogens is 278 g/mol. The third kappa shape index (κ3) is 3.51. The minimum atomic E-state index is -0.264. The van der Waals surface area contributed by atoms with Gasteiger partial charge in [-0.15, -0.1) is 0 Å². The fraction of sp³-hybridized carbons (Fsp3) is 0.765. The molecule has 5 heteroatoms. The molecule has 22 heavy (non-hydrogen) atoms. The van der Waals surface area contributed by atoms with E-state index in [4.69, 9.17) is 0 Å². The zero-order valence-electron chi connectivity index (χ0n) is 14.5. The monoisotopic (exact) mass is 307 g/mol. The lowest BCUT2D eigenvalue weighted by Crippen LogP contribution is -2.45. The highest BCUT2D eigenvalue weighted by atomic mass is 16.2. The number of rotatable bonds is 3. The van der Waals surface area contributed by atoms with Gasteiger partial charge < -0.3 is 5.32 Å². The average Bonchev–Trinajstić information content (AvgIpc) is 2.47. The Morgan fingerprint density at radius 2 is 1.77 bits per heavy atom. The highest BCUT2D eigenvalue weighted by Crippen LogP contribution is 2.38. The zero-order valence-corrected chi connectivity index (χ0v) is 14.5. The lowest BCUT2D eigenvalue weighted by atomic mass is 9.69. The van der Waals surface area contributed by atoms with E-state index in [1.54, 1.807) is 17.7 Å². The Morgan fingerprint density at radius 3 is 2.41 bits per heavy atom. The first-order chi connectivity index (χ1) is 10.2. The fourth-order valence-electron chi connectivity index (χ4n) is 3.60. The first kappa shape index (κ1) is 17.0. The predicted molar refractivity (Wildman–Crippen MR) is 89.0 cm³/mol. The first-order valence-electron chi connectivity index (χ1n) is 8.21. The minimum Gasteiger partial charge on any atom is -0.308 e. The van der Waals surface area contributed by atoms with Gasteiger partial charge in [-0.25, -0.2) is 4.79 Å². The van der Waals surface area contributed by atoms with Crippen LogP contribution in [0.2, 0.25) is 0 Å². The van der Waals surface area contributed by atoms with Gasteiger partial charge in [0.05, 0.1) is 0 Å². The van der Waals surface area contributed by atoms with E-state index >= 15 is 0 Å². The maximum Gasteiger partial charge on any atom is 0.330 e. The van der Waals surface area contributed by atoms with Gasteiger partial charge in [-0.2, -0.15) is 0 Å². The van der Waals surface area contributed by atoms with Crippen LogP contribution in [-0.4, -0.2) is 15.2 Å². The SMILES string of the molecule is Cn1c(CN[C@@H]2CCCC[C@@H]2C(C)(C)C)cc(=O)n(C)c1=O. The van der Waals surface area contributed by atoms with Crippen molar-refractivity contribution >= 4 is 0 Å². The molecule has 0 amide bonds. The summed E-state index contributed by atoms with van der Waals surface area (Å²) >= 11 is 0. The summed E-state index contributed by atoms with van der Waals surface area (Å²) in [7, 11) is 3.24. The van der Waals surface area contributed by atoms with E-state index in [0.717, 1.165) is 10.3 Å². The Hall–Kier alpha value is -1.36. The van der Waals surface area contributed by atoms with Crippen LogP contribution in [0.4, 0.5) is 0 Å². The van der Waals surface area contributed by atoms with Crippen LogP contribution in [0.5, 0.6) is 0 Å². The summed E-state index contributed by atoms with van der Waals surface area (Å²) in [6.07, 6.45) is 4.96. The number of hydrogen-bond donors (Lipinski definition) is 1. The number of nitrogens with zero attached hydrogens (tertiary/aromatic N) is 2. The molecule has 0 unspecified atom stereocenters. The van der Waals surface area contributed by atoms with Crippen LogP contribution in [0.15, 0.2) is 15.7 Å². The van der Waals surface area contributed by atoms with E-state index in [1.165, 1.54) is 32.7 Å². The van der Waals surface area contributed by atoms with Crippen molar-refractivity contribution in [3.63, 3.8) is 0 Å². The average molecular weight is 307 g/mol. The molecule has 1 fully saturated rings. The summed E-state index contributed by atoms with van der Waals surface area (Å²) in [5.74, 6) is 0.629. The highest BCUT2D eigenvalue weighted by molar-refractivity contribution is 5.02. The van der Waals surface area contributed by atoms with Crippen molar-refractivity contribution < 1.29 is 0 Å². The summed E-state index contributed by atoms with van der Waals surface area (Å²) in [5, 5.41) is 3.60. The third-order valence-corrected chi connectivity index (χ3v) is 5.05. The van der Waals surface area contributed by atoms with Gasteiger partial charge in [0.1, 0.15) is 0 Å².